The second-order valence-electron chi connectivity index (χ2n) is 14.3. The minimum atomic E-state index is -0.800. The van der Waals surface area contributed by atoms with E-state index in [0.717, 1.165) is 64.1 Å². The number of ether oxygens (including phenoxy) is 1. The number of carbonyl (C=O) groups excluding carboxylic acids is 4. The number of nitrogens with one attached hydrogen (secondary N) is 2. The monoisotopic (exact) mass is 829 g/mol. The van der Waals surface area contributed by atoms with Crippen LogP contribution in [-0.4, -0.2) is 108 Å². The van der Waals surface area contributed by atoms with Gasteiger partial charge in [-0.3, -0.25) is 19.6 Å². The summed E-state index contributed by atoms with van der Waals surface area (Å²) < 4.78 is 20.3. The van der Waals surface area contributed by atoms with Gasteiger partial charge in [-0.25, -0.2) is 25.2 Å². The van der Waals surface area contributed by atoms with Crippen LogP contribution in [0.25, 0.3) is 0 Å². The van der Waals surface area contributed by atoms with E-state index in [1.807, 2.05) is 52.5 Å². The minimum absolute atomic E-state index is 0.0171. The Kier molecular flexibility index (Phi) is 14.5. The molecule has 0 aliphatic carbocycles. The van der Waals surface area contributed by atoms with Crippen LogP contribution < -0.4 is 31.5 Å². The summed E-state index contributed by atoms with van der Waals surface area (Å²) in [6.45, 7) is 10.7. The first kappa shape index (κ1) is 42.6. The Hall–Kier alpha value is -6.01. The van der Waals surface area contributed by atoms with Crippen molar-refractivity contribution in [3.8, 4) is 0 Å². The third-order valence-corrected chi connectivity index (χ3v) is 11.5. The average Bonchev–Trinajstić information content (AvgIpc) is 3.72. The number of rotatable bonds is 14. The lowest BCUT2D eigenvalue weighted by molar-refractivity contribution is -0.129. The number of anilines is 3. The van der Waals surface area contributed by atoms with Crippen LogP contribution in [0.5, 0.6) is 0 Å². The number of aromatic nitrogens is 2. The molecule has 2 fully saturated rings. The molecule has 0 atom stereocenters. The van der Waals surface area contributed by atoms with E-state index in [-0.39, 0.29) is 25.0 Å². The summed E-state index contributed by atoms with van der Waals surface area (Å²) in [6, 6.07) is 15.7. The zero-order chi connectivity index (χ0) is 41.9. The molecule has 2 aliphatic rings. The van der Waals surface area contributed by atoms with E-state index >= 15 is 4.39 Å². The summed E-state index contributed by atoms with van der Waals surface area (Å²) in [5.41, 5.74) is 7.35. The Morgan fingerprint density at radius 2 is 1.36 bits per heavy atom. The Bertz CT molecular complexity index is 2050. The van der Waals surface area contributed by atoms with E-state index in [9.17, 15) is 19.2 Å². The van der Waals surface area contributed by atoms with Crippen LogP contribution in [0.4, 0.5) is 30.4 Å². The first-order valence-electron chi connectivity index (χ1n) is 19.8. The van der Waals surface area contributed by atoms with Crippen LogP contribution >= 0.6 is 11.3 Å². The summed E-state index contributed by atoms with van der Waals surface area (Å²) >= 11 is 1.34. The SMILES string of the molecule is CCOC(=O)NN(c1ccc(CCc2ccc(N3CCN(C(C)=O)CC3)cn2)s1)N(N)C(=O)NCc1ccc(CCc2ccc(N3CCN(C(C)=O)CC3)cn2)c(F)c1. The van der Waals surface area contributed by atoms with Gasteiger partial charge in [0, 0.05) is 89.0 Å². The van der Waals surface area contributed by atoms with E-state index in [1.165, 1.54) is 17.4 Å². The molecule has 2 aliphatic heterocycles. The fraction of sp³-hybridized carbons (Fsp3) is 0.415. The predicted octanol–water partition coefficient (Wildman–Crippen LogP) is 4.05. The lowest BCUT2D eigenvalue weighted by Gasteiger charge is -2.35. The molecule has 4 aromatic rings. The molecule has 59 heavy (non-hydrogen) atoms. The number of aryl methyl sites for hydroxylation is 4. The molecule has 5 heterocycles. The number of urea groups is 1. The molecular formula is C41H52FN11O5S. The van der Waals surface area contributed by atoms with Crippen molar-refractivity contribution in [2.75, 3.05) is 73.9 Å². The fourth-order valence-corrected chi connectivity index (χ4v) is 7.87. The third-order valence-electron chi connectivity index (χ3n) is 10.4. The van der Waals surface area contributed by atoms with Crippen LogP contribution in [0.2, 0.25) is 0 Å². The highest BCUT2D eigenvalue weighted by atomic mass is 32.1. The summed E-state index contributed by atoms with van der Waals surface area (Å²) in [7, 11) is 0. The van der Waals surface area contributed by atoms with Gasteiger partial charge in [-0.1, -0.05) is 12.1 Å². The van der Waals surface area contributed by atoms with Crippen LogP contribution in [0, 0.1) is 5.82 Å². The molecule has 6 rings (SSSR count). The normalized spacial score (nSPS) is 14.2. The number of hydrogen-bond acceptors (Lipinski definition) is 12. The van der Waals surface area contributed by atoms with E-state index in [0.29, 0.717) is 68.0 Å². The number of hydrazine groups is 3. The predicted molar refractivity (Wildman–Crippen MR) is 224 cm³/mol. The highest BCUT2D eigenvalue weighted by molar-refractivity contribution is 7.16. The maximum Gasteiger partial charge on any atom is 0.427 e. The van der Waals surface area contributed by atoms with E-state index in [4.69, 9.17) is 10.6 Å². The topological polar surface area (TPSA) is 173 Å². The zero-order valence-corrected chi connectivity index (χ0v) is 34.5. The van der Waals surface area contributed by atoms with Gasteiger partial charge in [0.2, 0.25) is 11.8 Å². The molecule has 5 amide bonds. The van der Waals surface area contributed by atoms with Gasteiger partial charge in [0.1, 0.15) is 10.8 Å². The zero-order valence-electron chi connectivity index (χ0n) is 33.7. The van der Waals surface area contributed by atoms with Crippen molar-refractivity contribution in [1.29, 1.82) is 0 Å². The Morgan fingerprint density at radius 1 is 0.780 bits per heavy atom. The Balaban J connectivity index is 0.989. The molecule has 16 nitrogen and oxygen atoms in total. The molecule has 0 unspecified atom stereocenters. The number of pyridine rings is 2. The van der Waals surface area contributed by atoms with E-state index < -0.39 is 17.9 Å². The number of nitrogens with two attached hydrogens (primary N) is 1. The molecular weight excluding hydrogens is 778 g/mol. The van der Waals surface area contributed by atoms with E-state index in [2.05, 4.69) is 30.5 Å². The maximum atomic E-state index is 15.2. The number of thiophene rings is 1. The number of nitrogens with zero attached hydrogens (tertiary/aromatic N) is 8. The fourth-order valence-electron chi connectivity index (χ4n) is 6.91. The Morgan fingerprint density at radius 3 is 1.86 bits per heavy atom. The average molecular weight is 830 g/mol. The Labute approximate surface area is 347 Å². The molecule has 18 heteroatoms. The lowest BCUT2D eigenvalue weighted by atomic mass is 10.0. The van der Waals surface area contributed by atoms with Gasteiger partial charge in [0.25, 0.3) is 0 Å². The number of piperazine rings is 2. The van der Waals surface area contributed by atoms with Gasteiger partial charge in [-0.2, -0.15) is 5.12 Å². The minimum Gasteiger partial charge on any atom is -0.449 e. The molecule has 0 spiro atoms. The molecule has 3 aromatic heterocycles. The number of hydrogen-bond donors (Lipinski definition) is 3. The smallest absolute Gasteiger partial charge is 0.427 e. The van der Waals surface area contributed by atoms with Gasteiger partial charge in [0.15, 0.2) is 0 Å². The summed E-state index contributed by atoms with van der Waals surface area (Å²) in [5, 5.41) is 5.00. The van der Waals surface area contributed by atoms with Crippen molar-refractivity contribution in [1.82, 2.24) is 35.6 Å². The van der Waals surface area contributed by atoms with Crippen molar-refractivity contribution < 1.29 is 28.3 Å². The molecule has 0 saturated carbocycles. The van der Waals surface area contributed by atoms with Crippen LogP contribution in [0.15, 0.2) is 67.0 Å². The van der Waals surface area contributed by atoms with Crippen molar-refractivity contribution in [2.24, 2.45) is 5.84 Å². The summed E-state index contributed by atoms with van der Waals surface area (Å²) in [5.74, 6) is 6.03. The van der Waals surface area contributed by atoms with Crippen molar-refractivity contribution in [3.05, 3.63) is 100 Å². The van der Waals surface area contributed by atoms with Gasteiger partial charge >= 0.3 is 12.1 Å². The molecule has 0 radical (unpaired) electrons. The number of carbonyl (C=O) groups is 4. The standard InChI is InChI=1S/C41H52FN11O5S/c1-4-58-41(57)47-53(39-16-15-37(59-39)14-11-34-10-13-36(28-45-34)51-23-19-49(20-24-51)30(3)55)52(43)40(56)46-26-31-5-6-32(38(42)25-31)7-8-33-9-12-35(27-44-33)50-21-17-48(18-22-50)29(2)54/h5-6,9-10,12-13,15-16,25,27-28H,4,7-8,11,14,17-24,26,43H2,1-3H3,(H,46,56)(H,47,57). The molecule has 4 N–H and O–H groups in total. The number of benzene rings is 1. The van der Waals surface area contributed by atoms with Gasteiger partial charge in [0.05, 0.1) is 30.4 Å². The van der Waals surface area contributed by atoms with Crippen molar-refractivity contribution in [2.45, 2.75) is 53.0 Å². The van der Waals surface area contributed by atoms with Crippen LogP contribution in [0.1, 0.15) is 48.2 Å². The van der Waals surface area contributed by atoms with Gasteiger partial charge < -0.3 is 29.7 Å². The van der Waals surface area contributed by atoms with Crippen LogP contribution in [0.3, 0.4) is 0 Å². The van der Waals surface area contributed by atoms with Crippen molar-refractivity contribution in [3.63, 3.8) is 0 Å². The van der Waals surface area contributed by atoms with Gasteiger partial charge in [-0.15, -0.1) is 16.5 Å². The van der Waals surface area contributed by atoms with Gasteiger partial charge in [-0.05, 0) is 86.2 Å². The first-order chi connectivity index (χ1) is 28.5. The molecule has 0 bridgehead atoms. The highest BCUT2D eigenvalue weighted by Gasteiger charge is 2.24. The second kappa shape index (κ2) is 20.1. The van der Waals surface area contributed by atoms with Crippen molar-refractivity contribution >= 4 is 51.7 Å². The summed E-state index contributed by atoms with van der Waals surface area (Å²) in [6.07, 6.45) is 5.20. The lowest BCUT2D eigenvalue weighted by Crippen LogP contribution is -2.61. The number of halogens is 1. The highest BCUT2D eigenvalue weighted by Crippen LogP contribution is 2.27. The molecule has 314 valence electrons. The maximum absolute atomic E-state index is 15.2. The van der Waals surface area contributed by atoms with E-state index in [1.54, 1.807) is 39.0 Å². The molecule has 1 aromatic carbocycles. The second-order valence-corrected chi connectivity index (χ2v) is 15.5. The summed E-state index contributed by atoms with van der Waals surface area (Å²) in [4.78, 5) is 67.4. The largest absolute Gasteiger partial charge is 0.449 e. The third kappa shape index (κ3) is 11.6. The van der Waals surface area contributed by atoms with Crippen LogP contribution in [-0.2, 0) is 46.6 Å². The molecule has 2 saturated heterocycles. The number of amides is 5. The first-order valence-corrected chi connectivity index (χ1v) is 20.6. The quantitative estimate of drug-likeness (QED) is 0.0952.